The van der Waals surface area contributed by atoms with Crippen LogP contribution in [0.25, 0.3) is 0 Å². The van der Waals surface area contributed by atoms with Gasteiger partial charge in [0.05, 0.1) is 17.0 Å². The minimum absolute atomic E-state index is 0.0110. The summed E-state index contributed by atoms with van der Waals surface area (Å²) in [4.78, 5) is 28.4. The van der Waals surface area contributed by atoms with Crippen LogP contribution < -0.4 is 5.32 Å². The second-order valence-electron chi connectivity index (χ2n) is 10.1. The van der Waals surface area contributed by atoms with Crippen molar-refractivity contribution in [2.75, 3.05) is 5.32 Å². The number of nitro groups is 1. The molecule has 4 bridgehead atoms. The lowest BCUT2D eigenvalue weighted by Gasteiger charge is -2.56. The Morgan fingerprint density at radius 3 is 2.34 bits per heavy atom. The van der Waals surface area contributed by atoms with Crippen LogP contribution in [0.1, 0.15) is 54.6 Å². The fraction of sp³-hybridized carbons (Fsp3) is 0.478. The van der Waals surface area contributed by atoms with Crippen LogP contribution in [0.5, 0.6) is 0 Å². The quantitative estimate of drug-likeness (QED) is 0.367. The van der Waals surface area contributed by atoms with Gasteiger partial charge in [-0.05, 0) is 68.4 Å². The van der Waals surface area contributed by atoms with Gasteiger partial charge in [0.25, 0.3) is 5.91 Å². The second-order valence-corrected chi connectivity index (χ2v) is 10.9. The molecule has 0 aliphatic heterocycles. The van der Waals surface area contributed by atoms with E-state index in [1.54, 1.807) is 22.9 Å². The molecule has 7 rings (SSSR count). The number of carbonyl (C=O) groups is 1. The van der Waals surface area contributed by atoms with Gasteiger partial charge in [-0.1, -0.05) is 29.3 Å². The van der Waals surface area contributed by atoms with Gasteiger partial charge in [0, 0.05) is 15.6 Å². The van der Waals surface area contributed by atoms with E-state index in [0.717, 1.165) is 19.3 Å². The molecule has 1 amide bonds. The topological polar surface area (TPSA) is 121 Å². The van der Waals surface area contributed by atoms with E-state index in [2.05, 4.69) is 20.5 Å². The molecule has 0 atom stereocenters. The number of carbonyl (C=O) groups excluding carboxylic acids is 1. The Morgan fingerprint density at radius 1 is 1.11 bits per heavy atom. The number of nitrogens with zero attached hydrogens (tertiary/aromatic N) is 6. The summed E-state index contributed by atoms with van der Waals surface area (Å²) in [5, 5.41) is 24.1. The molecule has 0 radical (unpaired) electrons. The Labute approximate surface area is 210 Å². The Hall–Kier alpha value is -2.98. The average Bonchev–Trinajstić information content (AvgIpc) is 3.43. The van der Waals surface area contributed by atoms with E-state index >= 15 is 0 Å². The van der Waals surface area contributed by atoms with Crippen molar-refractivity contribution in [2.45, 2.75) is 50.6 Å². The Balaban J connectivity index is 1.24. The second kappa shape index (κ2) is 8.30. The van der Waals surface area contributed by atoms with Gasteiger partial charge in [0.2, 0.25) is 11.6 Å². The van der Waals surface area contributed by atoms with E-state index in [4.69, 9.17) is 23.2 Å². The molecule has 12 heteroatoms. The first-order chi connectivity index (χ1) is 16.8. The van der Waals surface area contributed by atoms with Crippen molar-refractivity contribution in [3.05, 3.63) is 62.1 Å². The van der Waals surface area contributed by atoms with Crippen molar-refractivity contribution in [3.63, 3.8) is 0 Å². The Bertz CT molecular complexity index is 1280. The van der Waals surface area contributed by atoms with Gasteiger partial charge in [0.15, 0.2) is 0 Å². The number of rotatable bonds is 6. The first kappa shape index (κ1) is 22.5. The van der Waals surface area contributed by atoms with Gasteiger partial charge in [-0.2, -0.15) is 5.10 Å². The van der Waals surface area contributed by atoms with Crippen LogP contribution in [0.2, 0.25) is 10.0 Å². The van der Waals surface area contributed by atoms with E-state index in [-0.39, 0.29) is 29.4 Å². The Morgan fingerprint density at radius 2 is 1.74 bits per heavy atom. The summed E-state index contributed by atoms with van der Waals surface area (Å²) in [7, 11) is 0. The Kier molecular flexibility index (Phi) is 5.33. The highest BCUT2D eigenvalue weighted by Gasteiger charge is 2.53. The molecule has 0 unspecified atom stereocenters. The molecule has 182 valence electrons. The lowest BCUT2D eigenvalue weighted by atomic mass is 9.53. The van der Waals surface area contributed by atoms with Crippen molar-refractivity contribution in [2.24, 2.45) is 17.8 Å². The molecule has 0 spiro atoms. The zero-order valence-electron chi connectivity index (χ0n) is 18.7. The molecule has 1 N–H and O–H groups in total. The van der Waals surface area contributed by atoms with Crippen molar-refractivity contribution in [3.8, 4) is 0 Å². The normalized spacial score (nSPS) is 26.7. The number of hydrogen-bond acceptors (Lipinski definition) is 6. The third kappa shape index (κ3) is 3.98. The zero-order chi connectivity index (χ0) is 24.3. The first-order valence-electron chi connectivity index (χ1n) is 11.7. The summed E-state index contributed by atoms with van der Waals surface area (Å²) in [6.45, 7) is 0.252. The van der Waals surface area contributed by atoms with Crippen molar-refractivity contribution >= 4 is 40.7 Å². The van der Waals surface area contributed by atoms with Gasteiger partial charge in [-0.15, -0.1) is 5.10 Å². The van der Waals surface area contributed by atoms with Crippen LogP contribution in [-0.4, -0.2) is 35.4 Å². The maximum absolute atomic E-state index is 13.0. The summed E-state index contributed by atoms with van der Waals surface area (Å²) in [5.41, 5.74) is -0.0909. The smallest absolute Gasteiger partial charge is 0.287 e. The van der Waals surface area contributed by atoms with Crippen molar-refractivity contribution in [1.29, 1.82) is 0 Å². The minimum Gasteiger partial charge on any atom is -0.287 e. The molecule has 1 aromatic carbocycles. The predicted molar refractivity (Wildman–Crippen MR) is 129 cm³/mol. The molecule has 4 aliphatic rings. The predicted octanol–water partition coefficient (Wildman–Crippen LogP) is 4.92. The summed E-state index contributed by atoms with van der Waals surface area (Å²) in [6.07, 6.45) is 9.49. The molecule has 10 nitrogen and oxygen atoms in total. The molecular weight excluding hydrogens is 493 g/mol. The summed E-state index contributed by atoms with van der Waals surface area (Å²) >= 11 is 12.4. The third-order valence-electron chi connectivity index (χ3n) is 7.74. The van der Waals surface area contributed by atoms with Gasteiger partial charge in [-0.25, -0.2) is 9.67 Å². The first-order valence-corrected chi connectivity index (χ1v) is 12.4. The fourth-order valence-electron chi connectivity index (χ4n) is 6.68. The van der Waals surface area contributed by atoms with Gasteiger partial charge < -0.3 is 0 Å². The number of nitrogens with one attached hydrogen (secondary N) is 1. The number of amides is 1. The maximum atomic E-state index is 13.0. The fourth-order valence-corrected chi connectivity index (χ4v) is 7.20. The molecule has 4 saturated carbocycles. The molecule has 2 heterocycles. The van der Waals surface area contributed by atoms with Crippen LogP contribution in [0, 0.1) is 27.9 Å². The number of hydrogen-bond donors (Lipinski definition) is 1. The number of anilines is 1. The van der Waals surface area contributed by atoms with Crippen LogP contribution in [-0.2, 0) is 12.1 Å². The number of benzene rings is 1. The van der Waals surface area contributed by atoms with Crippen molar-refractivity contribution in [1.82, 2.24) is 24.5 Å². The van der Waals surface area contributed by atoms with Crippen LogP contribution in [0.15, 0.2) is 30.7 Å². The molecule has 0 saturated heterocycles. The molecule has 35 heavy (non-hydrogen) atoms. The number of aromatic nitrogens is 5. The minimum atomic E-state index is -0.714. The van der Waals surface area contributed by atoms with Crippen molar-refractivity contribution < 1.29 is 9.72 Å². The highest BCUT2D eigenvalue weighted by molar-refractivity contribution is 6.35. The zero-order valence-corrected chi connectivity index (χ0v) is 20.2. The average molecular weight is 516 g/mol. The van der Waals surface area contributed by atoms with Gasteiger partial charge in [-0.3, -0.25) is 24.9 Å². The largest absolute Gasteiger partial charge is 0.320 e. The van der Waals surface area contributed by atoms with E-state index in [9.17, 15) is 14.9 Å². The number of halogens is 2. The molecular formula is C23H23Cl2N7O3. The summed E-state index contributed by atoms with van der Waals surface area (Å²) in [6, 6.07) is 5.19. The molecule has 3 aromatic rings. The van der Waals surface area contributed by atoms with Gasteiger partial charge >= 0.3 is 5.69 Å². The third-order valence-corrected chi connectivity index (χ3v) is 8.45. The van der Waals surface area contributed by atoms with Crippen LogP contribution in [0.4, 0.5) is 11.6 Å². The highest BCUT2D eigenvalue weighted by Crippen LogP contribution is 2.58. The SMILES string of the molecule is O=C(Nc1ncn(Cc2c(Cl)cccc2Cl)n1)c1nn(C23CC4CC(CC(C4)C2)C3)cc1[N+](=O)[O-]. The van der Waals surface area contributed by atoms with Crippen LogP contribution in [0.3, 0.4) is 0 Å². The molecule has 4 fully saturated rings. The summed E-state index contributed by atoms with van der Waals surface area (Å²) in [5.74, 6) is 1.22. The van der Waals surface area contributed by atoms with E-state index in [1.165, 1.54) is 36.5 Å². The van der Waals surface area contributed by atoms with Gasteiger partial charge in [0.1, 0.15) is 12.5 Å². The van der Waals surface area contributed by atoms with E-state index < -0.39 is 10.8 Å². The highest BCUT2D eigenvalue weighted by atomic mass is 35.5. The van der Waals surface area contributed by atoms with E-state index in [1.807, 2.05) is 0 Å². The van der Waals surface area contributed by atoms with Crippen LogP contribution >= 0.6 is 23.2 Å². The summed E-state index contributed by atoms with van der Waals surface area (Å²) < 4.78 is 3.20. The lowest BCUT2D eigenvalue weighted by Crippen LogP contribution is -2.52. The monoisotopic (exact) mass is 515 g/mol. The standard InChI is InChI=1S/C23H23Cl2N7O3/c24-17-2-1-3-18(25)16(17)10-30-12-26-22(29-30)27-21(33)20-19(32(34)35)11-31(28-20)23-7-13-4-14(8-23)6-15(5-13)9-23/h1-3,11-15H,4-10H2,(H,27,29,33). The molecule has 2 aromatic heterocycles. The lowest BCUT2D eigenvalue weighted by molar-refractivity contribution is -0.385. The maximum Gasteiger partial charge on any atom is 0.320 e. The molecule has 4 aliphatic carbocycles. The van der Waals surface area contributed by atoms with E-state index in [0.29, 0.717) is 33.4 Å².